The first-order valence-corrected chi connectivity index (χ1v) is 7.59. The third-order valence-corrected chi connectivity index (χ3v) is 4.24. The maximum Gasteiger partial charge on any atom is 0.322 e. The monoisotopic (exact) mass is 270 g/mol. The van der Waals surface area contributed by atoms with Gasteiger partial charge >= 0.3 is 5.97 Å². The Balaban J connectivity index is 2.37. The van der Waals surface area contributed by atoms with E-state index in [-0.39, 0.29) is 12.0 Å². The molecule has 3 atom stereocenters. The van der Waals surface area contributed by atoms with Crippen molar-refractivity contribution in [1.82, 2.24) is 10.2 Å². The van der Waals surface area contributed by atoms with E-state index in [1.54, 1.807) is 0 Å². The van der Waals surface area contributed by atoms with Crippen LogP contribution in [0.2, 0.25) is 0 Å². The molecule has 0 heterocycles. The van der Waals surface area contributed by atoms with Gasteiger partial charge in [0.05, 0.1) is 7.11 Å². The number of nitrogens with zero attached hydrogens (tertiary/aromatic N) is 1. The van der Waals surface area contributed by atoms with E-state index in [0.29, 0.717) is 6.04 Å². The minimum absolute atomic E-state index is 0.146. The van der Waals surface area contributed by atoms with E-state index in [1.807, 2.05) is 6.92 Å². The van der Waals surface area contributed by atoms with Gasteiger partial charge in [0, 0.05) is 12.6 Å². The number of likely N-dealkylation sites (N-methyl/N-ethyl adjacent to an activating group) is 1. The SMILES string of the molecule is CCNC(CCN(C)C1CCCC(C)C1)C(=O)OC. The number of rotatable bonds is 7. The summed E-state index contributed by atoms with van der Waals surface area (Å²) in [6.45, 7) is 6.10. The zero-order chi connectivity index (χ0) is 14.3. The maximum absolute atomic E-state index is 11.6. The molecule has 112 valence electrons. The average molecular weight is 270 g/mol. The smallest absolute Gasteiger partial charge is 0.322 e. The lowest BCUT2D eigenvalue weighted by atomic mass is 9.86. The lowest BCUT2D eigenvalue weighted by molar-refractivity contribution is -0.143. The summed E-state index contributed by atoms with van der Waals surface area (Å²) in [7, 11) is 3.64. The van der Waals surface area contributed by atoms with Crippen molar-refractivity contribution in [2.24, 2.45) is 5.92 Å². The standard InChI is InChI=1S/C15H30N2O2/c1-5-16-14(15(18)19-4)9-10-17(3)13-8-6-7-12(2)11-13/h12-14,16H,5-11H2,1-4H3. The molecule has 19 heavy (non-hydrogen) atoms. The van der Waals surface area contributed by atoms with Crippen LogP contribution in [0.1, 0.15) is 46.0 Å². The number of nitrogens with one attached hydrogen (secondary N) is 1. The van der Waals surface area contributed by atoms with Crippen LogP contribution >= 0.6 is 0 Å². The van der Waals surface area contributed by atoms with Crippen LogP contribution in [-0.4, -0.2) is 50.2 Å². The van der Waals surface area contributed by atoms with Crippen molar-refractivity contribution >= 4 is 5.97 Å². The highest BCUT2D eigenvalue weighted by molar-refractivity contribution is 5.75. The molecule has 4 nitrogen and oxygen atoms in total. The van der Waals surface area contributed by atoms with Gasteiger partial charge in [-0.25, -0.2) is 0 Å². The second kappa shape index (κ2) is 8.54. The van der Waals surface area contributed by atoms with Crippen molar-refractivity contribution in [3.63, 3.8) is 0 Å². The summed E-state index contributed by atoms with van der Waals surface area (Å²) in [6, 6.07) is 0.516. The Hall–Kier alpha value is -0.610. The largest absolute Gasteiger partial charge is 0.468 e. The molecule has 0 aromatic rings. The summed E-state index contributed by atoms with van der Waals surface area (Å²) in [6.07, 6.45) is 6.11. The van der Waals surface area contributed by atoms with Crippen LogP contribution in [-0.2, 0) is 9.53 Å². The van der Waals surface area contributed by atoms with Crippen molar-refractivity contribution < 1.29 is 9.53 Å². The fourth-order valence-electron chi connectivity index (χ4n) is 3.01. The van der Waals surface area contributed by atoms with Crippen LogP contribution in [0.5, 0.6) is 0 Å². The first-order valence-electron chi connectivity index (χ1n) is 7.59. The summed E-state index contributed by atoms with van der Waals surface area (Å²) in [4.78, 5) is 14.1. The van der Waals surface area contributed by atoms with Crippen molar-refractivity contribution in [2.45, 2.75) is 58.0 Å². The molecular weight excluding hydrogens is 240 g/mol. The summed E-state index contributed by atoms with van der Waals surface area (Å²) in [5.74, 6) is 0.693. The van der Waals surface area contributed by atoms with E-state index >= 15 is 0 Å². The third-order valence-electron chi connectivity index (χ3n) is 4.24. The van der Waals surface area contributed by atoms with Gasteiger partial charge in [0.15, 0.2) is 0 Å². The van der Waals surface area contributed by atoms with Crippen molar-refractivity contribution in [2.75, 3.05) is 27.2 Å². The van der Waals surface area contributed by atoms with E-state index in [0.717, 1.165) is 25.4 Å². The second-order valence-corrected chi connectivity index (χ2v) is 5.83. The molecule has 1 rings (SSSR count). The molecule has 0 saturated heterocycles. The minimum atomic E-state index is -0.168. The van der Waals surface area contributed by atoms with Crippen molar-refractivity contribution in [3.05, 3.63) is 0 Å². The lowest BCUT2D eigenvalue weighted by Gasteiger charge is -2.34. The Kier molecular flexibility index (Phi) is 7.39. The van der Waals surface area contributed by atoms with Crippen LogP contribution in [0.25, 0.3) is 0 Å². The Morgan fingerprint density at radius 3 is 2.79 bits per heavy atom. The molecule has 4 heteroatoms. The first-order chi connectivity index (χ1) is 9.08. The summed E-state index contributed by atoms with van der Waals surface area (Å²) < 4.78 is 4.84. The van der Waals surface area contributed by atoms with Gasteiger partial charge in [0.2, 0.25) is 0 Å². The van der Waals surface area contributed by atoms with E-state index in [1.165, 1.54) is 32.8 Å². The number of hydrogen-bond donors (Lipinski definition) is 1. The number of carbonyl (C=O) groups excluding carboxylic acids is 1. The van der Waals surface area contributed by atoms with E-state index in [4.69, 9.17) is 4.74 Å². The lowest BCUT2D eigenvalue weighted by Crippen LogP contribution is -2.42. The molecule has 0 radical (unpaired) electrons. The molecular formula is C15H30N2O2. The zero-order valence-corrected chi connectivity index (χ0v) is 12.9. The first kappa shape index (κ1) is 16.4. The van der Waals surface area contributed by atoms with Gasteiger partial charge in [0.25, 0.3) is 0 Å². The Labute approximate surface area is 117 Å². The second-order valence-electron chi connectivity index (χ2n) is 5.83. The number of esters is 1. The third kappa shape index (κ3) is 5.49. The Bertz CT molecular complexity index is 271. The van der Waals surface area contributed by atoms with Crippen molar-refractivity contribution in [3.8, 4) is 0 Å². The van der Waals surface area contributed by atoms with Gasteiger partial charge in [-0.3, -0.25) is 4.79 Å². The average Bonchev–Trinajstić information content (AvgIpc) is 2.42. The van der Waals surface area contributed by atoms with Gasteiger partial charge in [-0.2, -0.15) is 0 Å². The van der Waals surface area contributed by atoms with E-state index in [9.17, 15) is 4.79 Å². The molecule has 0 aliphatic heterocycles. The highest BCUT2D eigenvalue weighted by atomic mass is 16.5. The van der Waals surface area contributed by atoms with Gasteiger partial charge in [-0.1, -0.05) is 26.7 Å². The molecule has 1 aliphatic rings. The quantitative estimate of drug-likeness (QED) is 0.719. The van der Waals surface area contributed by atoms with E-state index in [2.05, 4.69) is 24.2 Å². The maximum atomic E-state index is 11.6. The molecule has 0 amide bonds. The highest BCUT2D eigenvalue weighted by Gasteiger charge is 2.24. The number of ether oxygens (including phenoxy) is 1. The van der Waals surface area contributed by atoms with Crippen LogP contribution in [0.15, 0.2) is 0 Å². The number of hydrogen-bond acceptors (Lipinski definition) is 4. The van der Waals surface area contributed by atoms with Gasteiger partial charge in [0.1, 0.15) is 6.04 Å². The molecule has 1 fully saturated rings. The molecule has 0 aromatic heterocycles. The molecule has 1 aliphatic carbocycles. The summed E-state index contributed by atoms with van der Waals surface area (Å²) in [5.41, 5.74) is 0. The van der Waals surface area contributed by atoms with E-state index < -0.39 is 0 Å². The number of methoxy groups -OCH3 is 1. The molecule has 0 aromatic carbocycles. The molecule has 1 saturated carbocycles. The topological polar surface area (TPSA) is 41.6 Å². The summed E-state index contributed by atoms with van der Waals surface area (Å²) >= 11 is 0. The Morgan fingerprint density at radius 2 is 2.21 bits per heavy atom. The fraction of sp³-hybridized carbons (Fsp3) is 0.933. The Morgan fingerprint density at radius 1 is 1.47 bits per heavy atom. The predicted molar refractivity (Wildman–Crippen MR) is 78.1 cm³/mol. The molecule has 3 unspecified atom stereocenters. The molecule has 1 N–H and O–H groups in total. The van der Waals surface area contributed by atoms with Gasteiger partial charge < -0.3 is 15.0 Å². The summed E-state index contributed by atoms with van der Waals surface area (Å²) in [5, 5.41) is 3.20. The fourth-order valence-corrected chi connectivity index (χ4v) is 3.01. The minimum Gasteiger partial charge on any atom is -0.468 e. The normalized spacial score (nSPS) is 25.3. The van der Waals surface area contributed by atoms with Crippen LogP contribution in [0.3, 0.4) is 0 Å². The van der Waals surface area contributed by atoms with Crippen LogP contribution in [0, 0.1) is 5.92 Å². The highest BCUT2D eigenvalue weighted by Crippen LogP contribution is 2.26. The predicted octanol–water partition coefficient (Wildman–Crippen LogP) is 2.04. The van der Waals surface area contributed by atoms with Crippen LogP contribution in [0.4, 0.5) is 0 Å². The van der Waals surface area contributed by atoms with Crippen LogP contribution < -0.4 is 5.32 Å². The molecule has 0 bridgehead atoms. The van der Waals surface area contributed by atoms with Crippen molar-refractivity contribution in [1.29, 1.82) is 0 Å². The van der Waals surface area contributed by atoms with Gasteiger partial charge in [-0.15, -0.1) is 0 Å². The number of carbonyl (C=O) groups is 1. The molecule has 0 spiro atoms. The van der Waals surface area contributed by atoms with Gasteiger partial charge in [-0.05, 0) is 38.8 Å². The zero-order valence-electron chi connectivity index (χ0n) is 12.9.